The van der Waals surface area contributed by atoms with Crippen LogP contribution < -0.4 is 9.80 Å². The van der Waals surface area contributed by atoms with Crippen LogP contribution in [0.4, 0.5) is 11.4 Å². The van der Waals surface area contributed by atoms with E-state index < -0.39 is 0 Å². The van der Waals surface area contributed by atoms with Gasteiger partial charge in [0.25, 0.3) is 0 Å². The fourth-order valence-electron chi connectivity index (χ4n) is 11.0. The number of aromatic hydroxyl groups is 1. The molecule has 3 atom stereocenters. The summed E-state index contributed by atoms with van der Waals surface area (Å²) < 4.78 is 2.18. The number of amides is 1. The molecule has 6 aromatic rings. The maximum absolute atomic E-state index is 13.7. The van der Waals surface area contributed by atoms with E-state index in [4.69, 9.17) is 4.99 Å². The summed E-state index contributed by atoms with van der Waals surface area (Å²) in [7, 11) is 0. The number of aromatic nitrogens is 3. The number of benzene rings is 4. The minimum absolute atomic E-state index is 0.0542. The number of rotatable bonds is 8. The number of anilines is 2. The lowest BCUT2D eigenvalue weighted by atomic mass is 9.69. The zero-order chi connectivity index (χ0) is 42.9. The van der Waals surface area contributed by atoms with Gasteiger partial charge in [-0.25, -0.2) is 0 Å². The number of phenolic OH excluding ortho intramolecular Hbond substituents is 1. The number of hydrogen-bond donors (Lipinski definition) is 1. The van der Waals surface area contributed by atoms with Crippen molar-refractivity contribution in [3.63, 3.8) is 0 Å². The van der Waals surface area contributed by atoms with Crippen LogP contribution in [0.2, 0.25) is 0 Å². The Balaban J connectivity index is 0.659. The molecule has 0 radical (unpaired) electrons. The molecule has 1 aliphatic carbocycles. The van der Waals surface area contributed by atoms with Gasteiger partial charge < -0.3 is 19.8 Å². The molecule has 2 aromatic heterocycles. The van der Waals surface area contributed by atoms with Crippen LogP contribution in [0.15, 0.2) is 102 Å². The molecule has 322 valence electrons. The fraction of sp³-hybridized carbons (Fsp3) is 0.385. The molecule has 6 heterocycles. The van der Waals surface area contributed by atoms with Crippen molar-refractivity contribution in [3.8, 4) is 10.8 Å². The van der Waals surface area contributed by atoms with E-state index in [2.05, 4.69) is 140 Å². The van der Waals surface area contributed by atoms with Crippen LogP contribution in [0.25, 0.3) is 5.00 Å². The van der Waals surface area contributed by atoms with Gasteiger partial charge in [-0.2, -0.15) is 0 Å². The summed E-state index contributed by atoms with van der Waals surface area (Å²) in [5, 5.41) is 20.3. The number of hydrogen-bond acceptors (Lipinski definition) is 9. The van der Waals surface area contributed by atoms with E-state index in [-0.39, 0.29) is 17.9 Å². The normalized spacial score (nSPS) is 21.5. The first-order valence-corrected chi connectivity index (χ1v) is 23.7. The number of carbonyl (C=O) groups excluding carboxylic acids is 1. The van der Waals surface area contributed by atoms with Gasteiger partial charge in [-0.1, -0.05) is 60.7 Å². The van der Waals surface area contributed by atoms with Crippen molar-refractivity contribution in [1.82, 2.24) is 24.6 Å². The summed E-state index contributed by atoms with van der Waals surface area (Å²) in [6.45, 7) is 16.8. The molecule has 0 saturated carbocycles. The van der Waals surface area contributed by atoms with Crippen LogP contribution in [0.5, 0.6) is 5.75 Å². The summed E-state index contributed by atoms with van der Waals surface area (Å²) in [6, 6.07) is 34.8. The van der Waals surface area contributed by atoms with Gasteiger partial charge in [-0.15, -0.1) is 21.5 Å². The lowest BCUT2D eigenvalue weighted by molar-refractivity contribution is -0.138. The minimum Gasteiger partial charge on any atom is -0.508 e. The van der Waals surface area contributed by atoms with E-state index in [1.165, 1.54) is 43.9 Å². The van der Waals surface area contributed by atoms with Crippen molar-refractivity contribution < 1.29 is 9.90 Å². The zero-order valence-electron chi connectivity index (χ0n) is 36.7. The number of aryl methyl sites for hydroxylation is 3. The Hall–Kier alpha value is -5.78. The first-order valence-electron chi connectivity index (χ1n) is 22.9. The first kappa shape index (κ1) is 40.0. The number of fused-ring (bicyclic) bond motifs is 4. The average Bonchev–Trinajstić information content (AvgIpc) is 3.76. The lowest BCUT2D eigenvalue weighted by Crippen LogP contribution is -2.59. The van der Waals surface area contributed by atoms with Crippen LogP contribution in [-0.2, 0) is 11.2 Å². The van der Waals surface area contributed by atoms with Crippen LogP contribution in [-0.4, -0.2) is 100 Å². The molecule has 63 heavy (non-hydrogen) atoms. The highest BCUT2D eigenvalue weighted by molar-refractivity contribution is 7.15. The third-order valence-electron chi connectivity index (χ3n) is 14.7. The number of thiophene rings is 1. The molecule has 4 aromatic carbocycles. The zero-order valence-corrected chi connectivity index (χ0v) is 37.6. The molecule has 0 bridgehead atoms. The second-order valence-electron chi connectivity index (χ2n) is 18.6. The van der Waals surface area contributed by atoms with Gasteiger partial charge in [0, 0.05) is 98.1 Å². The molecule has 4 aliphatic heterocycles. The first-order chi connectivity index (χ1) is 30.7. The quantitative estimate of drug-likeness (QED) is 0.164. The van der Waals surface area contributed by atoms with Crippen molar-refractivity contribution >= 4 is 34.3 Å². The highest BCUT2D eigenvalue weighted by atomic mass is 32.1. The van der Waals surface area contributed by atoms with Crippen molar-refractivity contribution in [2.75, 3.05) is 68.7 Å². The summed E-state index contributed by atoms with van der Waals surface area (Å²) in [6.07, 6.45) is 2.05. The number of nitrogens with zero attached hydrogens (tertiary/aromatic N) is 8. The molecule has 1 N–H and O–H groups in total. The van der Waals surface area contributed by atoms with Gasteiger partial charge in [0.15, 0.2) is 5.82 Å². The molecule has 10 nitrogen and oxygen atoms in total. The van der Waals surface area contributed by atoms with Crippen LogP contribution >= 0.6 is 11.3 Å². The van der Waals surface area contributed by atoms with Gasteiger partial charge in [0.05, 0.1) is 11.6 Å². The highest BCUT2D eigenvalue weighted by Gasteiger charge is 2.38. The summed E-state index contributed by atoms with van der Waals surface area (Å²) in [5.41, 5.74) is 12.3. The molecular formula is C52H56N8O2S. The lowest BCUT2D eigenvalue weighted by Gasteiger charge is -2.46. The largest absolute Gasteiger partial charge is 0.508 e. The molecule has 11 rings (SSSR count). The Morgan fingerprint density at radius 2 is 1.49 bits per heavy atom. The summed E-state index contributed by atoms with van der Waals surface area (Å²) in [5.74, 6) is 3.80. The Kier molecular flexibility index (Phi) is 10.2. The van der Waals surface area contributed by atoms with Crippen LogP contribution in [0.3, 0.4) is 0 Å². The Labute approximate surface area is 374 Å². The number of piperazine rings is 1. The van der Waals surface area contributed by atoms with Crippen LogP contribution in [0, 0.1) is 32.6 Å². The van der Waals surface area contributed by atoms with Crippen molar-refractivity contribution in [2.45, 2.75) is 58.4 Å². The molecule has 1 amide bonds. The van der Waals surface area contributed by atoms with E-state index in [9.17, 15) is 9.90 Å². The summed E-state index contributed by atoms with van der Waals surface area (Å²) in [4.78, 5) is 29.7. The van der Waals surface area contributed by atoms with Gasteiger partial charge in [-0.05, 0) is 111 Å². The third kappa shape index (κ3) is 7.23. The van der Waals surface area contributed by atoms with Crippen LogP contribution in [0.1, 0.15) is 86.7 Å². The van der Waals surface area contributed by atoms with Gasteiger partial charge in [0.1, 0.15) is 22.6 Å². The van der Waals surface area contributed by atoms with E-state index in [1.807, 2.05) is 19.1 Å². The highest BCUT2D eigenvalue weighted by Crippen LogP contribution is 2.47. The Morgan fingerprint density at radius 1 is 0.794 bits per heavy atom. The average molecular weight is 857 g/mol. The monoisotopic (exact) mass is 856 g/mol. The topological polar surface area (TPSA) is 93.3 Å². The predicted molar refractivity (Wildman–Crippen MR) is 252 cm³/mol. The molecule has 3 saturated heterocycles. The van der Waals surface area contributed by atoms with E-state index in [0.29, 0.717) is 23.5 Å². The second-order valence-corrected chi connectivity index (χ2v) is 19.8. The second kappa shape index (κ2) is 16.1. The number of aliphatic imine (C=N–C) groups is 1. The third-order valence-corrected chi connectivity index (χ3v) is 15.9. The Bertz CT molecular complexity index is 2690. The summed E-state index contributed by atoms with van der Waals surface area (Å²) >= 11 is 1.78. The predicted octanol–water partition coefficient (Wildman–Crippen LogP) is 8.45. The molecule has 5 aliphatic rings. The standard InChI is InChI=1S/C52H56N8O2S/c1-32-34(3)63-52-47(32)49(53-33(2)50-55-54-35(4)60(50)52)39-12-17-43(18-13-39)59-30-41(31-59)51(62)57-24-22-56(23-25-57)27-36-28-58(29-36)42-15-10-38(11-16-42)48-45(37-8-6-5-7-9-37)20-14-40-26-44(61)19-21-46(40)48/h5-13,15-19,21,26,33,36,41,45,48,61H,14,20,22-25,27-31H2,1-4H3/t33-,45+,48-/m0/s1. The smallest absolute Gasteiger partial charge is 0.229 e. The maximum Gasteiger partial charge on any atom is 0.229 e. The molecule has 0 spiro atoms. The van der Waals surface area contributed by atoms with Crippen molar-refractivity contribution in [1.29, 1.82) is 0 Å². The van der Waals surface area contributed by atoms with Gasteiger partial charge in [0.2, 0.25) is 5.91 Å². The van der Waals surface area contributed by atoms with Gasteiger partial charge in [-0.3, -0.25) is 19.3 Å². The number of phenols is 1. The molecular weight excluding hydrogens is 801 g/mol. The molecule has 0 unspecified atom stereocenters. The van der Waals surface area contributed by atoms with E-state index >= 15 is 0 Å². The Morgan fingerprint density at radius 3 is 2.22 bits per heavy atom. The minimum atomic E-state index is -0.109. The van der Waals surface area contributed by atoms with Crippen molar-refractivity contribution in [3.05, 3.63) is 153 Å². The van der Waals surface area contributed by atoms with Crippen molar-refractivity contribution in [2.24, 2.45) is 16.8 Å². The SMILES string of the molecule is Cc1sc2c(c1C)C(c1ccc(N3CC(C(=O)N4CCN(CC5CN(c6ccc([C@@H]7c8ccc(O)cc8CC[C@@H]7c7ccccc7)cc6)C5)CC4)C3)cc1)=N[C@@H](C)c1nnc(C)n1-2. The number of carbonyl (C=O) groups is 1. The molecule has 11 heteroatoms. The van der Waals surface area contributed by atoms with E-state index in [0.717, 1.165) is 105 Å². The van der Waals surface area contributed by atoms with Gasteiger partial charge >= 0.3 is 0 Å². The van der Waals surface area contributed by atoms with E-state index in [1.54, 1.807) is 11.3 Å². The molecule has 3 fully saturated rings. The fourth-order valence-corrected chi connectivity index (χ4v) is 12.2. The maximum atomic E-state index is 13.7.